The number of nitrogens with one attached hydrogen (secondary N) is 1. The molecule has 20 heavy (non-hydrogen) atoms. The van der Waals surface area contributed by atoms with Crippen LogP contribution in [0.3, 0.4) is 0 Å². The van der Waals surface area contributed by atoms with E-state index in [2.05, 4.69) is 48.5 Å². The molecule has 0 spiro atoms. The van der Waals surface area contributed by atoms with Crippen molar-refractivity contribution < 1.29 is 0 Å². The van der Waals surface area contributed by atoms with E-state index in [4.69, 9.17) is 12.2 Å². The summed E-state index contributed by atoms with van der Waals surface area (Å²) in [7, 11) is 0. The number of hydrogen-bond donors (Lipinski definition) is 1. The van der Waals surface area contributed by atoms with Gasteiger partial charge in [-0.2, -0.15) is 0 Å². The summed E-state index contributed by atoms with van der Waals surface area (Å²) in [4.78, 5) is 3.31. The lowest BCUT2D eigenvalue weighted by atomic mass is 10.0. The summed E-state index contributed by atoms with van der Waals surface area (Å²) in [6.07, 6.45) is 6.56. The zero-order valence-corrected chi connectivity index (χ0v) is 13.7. The Morgan fingerprint density at radius 2 is 1.90 bits per heavy atom. The minimum Gasteiger partial charge on any atom is -0.331 e. The van der Waals surface area contributed by atoms with Crippen LogP contribution >= 0.6 is 12.2 Å². The molecule has 1 aromatic heterocycles. The molecule has 1 aromatic carbocycles. The van der Waals surface area contributed by atoms with Crippen molar-refractivity contribution in [2.75, 3.05) is 0 Å². The van der Waals surface area contributed by atoms with E-state index in [-0.39, 0.29) is 0 Å². The van der Waals surface area contributed by atoms with Crippen LogP contribution in [0.15, 0.2) is 18.2 Å². The van der Waals surface area contributed by atoms with Gasteiger partial charge in [-0.1, -0.05) is 45.6 Å². The third-order valence-corrected chi connectivity index (χ3v) is 4.17. The maximum absolute atomic E-state index is 5.44. The number of hydrogen-bond acceptors (Lipinski definition) is 1. The molecular weight excluding hydrogens is 264 g/mol. The van der Waals surface area contributed by atoms with Crippen LogP contribution in [-0.4, -0.2) is 9.55 Å². The summed E-state index contributed by atoms with van der Waals surface area (Å²) >= 11 is 5.44. The minimum atomic E-state index is 0.834. The number of H-pyrrole nitrogens is 1. The molecule has 0 aliphatic carbocycles. The highest BCUT2D eigenvalue weighted by Gasteiger charge is 2.04. The number of nitrogens with zero attached hydrogens (tertiary/aromatic N) is 1. The molecule has 3 heteroatoms. The molecule has 1 N–H and O–H groups in total. The van der Waals surface area contributed by atoms with Gasteiger partial charge in [0.2, 0.25) is 0 Å². The van der Waals surface area contributed by atoms with E-state index in [9.17, 15) is 0 Å². The molecule has 1 heterocycles. The normalized spacial score (nSPS) is 11.6. The van der Waals surface area contributed by atoms with Crippen LogP contribution in [0.5, 0.6) is 0 Å². The van der Waals surface area contributed by atoms with Gasteiger partial charge in [0.15, 0.2) is 4.77 Å². The molecule has 0 saturated carbocycles. The monoisotopic (exact) mass is 290 g/mol. The molecule has 0 aliphatic heterocycles. The first kappa shape index (κ1) is 15.3. The second-order valence-corrected chi connectivity index (χ2v) is 6.59. The van der Waals surface area contributed by atoms with E-state index in [1.807, 2.05) is 0 Å². The zero-order chi connectivity index (χ0) is 14.5. The molecule has 2 aromatic rings. The van der Waals surface area contributed by atoms with Crippen LogP contribution in [0.1, 0.15) is 51.5 Å². The van der Waals surface area contributed by atoms with Gasteiger partial charge in [0.1, 0.15) is 0 Å². The summed E-state index contributed by atoms with van der Waals surface area (Å²) in [6.45, 7) is 7.74. The molecule has 0 radical (unpaired) electrons. The molecule has 110 valence electrons. The number of aryl methyl sites for hydroxylation is 2. The van der Waals surface area contributed by atoms with Crippen molar-refractivity contribution in [1.29, 1.82) is 0 Å². The van der Waals surface area contributed by atoms with Crippen LogP contribution < -0.4 is 0 Å². The zero-order valence-electron chi connectivity index (χ0n) is 12.9. The third kappa shape index (κ3) is 3.95. The lowest BCUT2D eigenvalue weighted by molar-refractivity contribution is 0.507. The highest BCUT2D eigenvalue weighted by Crippen LogP contribution is 2.17. The second kappa shape index (κ2) is 7.07. The van der Waals surface area contributed by atoms with E-state index in [0.717, 1.165) is 22.8 Å². The molecule has 0 fully saturated rings. The smallest absolute Gasteiger partial charge is 0.178 e. The Labute approximate surface area is 127 Å². The van der Waals surface area contributed by atoms with Crippen molar-refractivity contribution in [3.8, 4) is 0 Å². The third-order valence-electron chi connectivity index (χ3n) is 3.84. The molecule has 2 nitrogen and oxygen atoms in total. The van der Waals surface area contributed by atoms with E-state index in [0.29, 0.717) is 0 Å². The van der Waals surface area contributed by atoms with Crippen molar-refractivity contribution >= 4 is 23.3 Å². The second-order valence-electron chi connectivity index (χ2n) is 6.20. The van der Waals surface area contributed by atoms with Gasteiger partial charge in [-0.25, -0.2) is 0 Å². The average molecular weight is 290 g/mol. The fourth-order valence-electron chi connectivity index (χ4n) is 2.68. The standard InChI is InChI=1S/C17H26N2S/c1-13(2)8-6-4-5-7-11-19-16-10-9-14(3)12-15(16)18-17(19)20/h9-10,12-13H,4-8,11H2,1-3H3,(H,18,20). The highest BCUT2D eigenvalue weighted by atomic mass is 32.1. The molecule has 0 bridgehead atoms. The number of rotatable bonds is 7. The first-order valence-electron chi connectivity index (χ1n) is 7.77. The van der Waals surface area contributed by atoms with Gasteiger partial charge in [-0.3, -0.25) is 0 Å². The maximum Gasteiger partial charge on any atom is 0.178 e. The lowest BCUT2D eigenvalue weighted by Crippen LogP contribution is -1.98. The molecule has 0 amide bonds. The van der Waals surface area contributed by atoms with Crippen molar-refractivity contribution in [2.45, 2.75) is 59.4 Å². The Hall–Kier alpha value is -1.09. The van der Waals surface area contributed by atoms with Crippen molar-refractivity contribution in [2.24, 2.45) is 5.92 Å². The number of imidazole rings is 1. The van der Waals surface area contributed by atoms with Crippen LogP contribution in [0.2, 0.25) is 0 Å². The van der Waals surface area contributed by atoms with Crippen molar-refractivity contribution in [1.82, 2.24) is 9.55 Å². The van der Waals surface area contributed by atoms with Gasteiger partial charge < -0.3 is 9.55 Å². The number of aromatic nitrogens is 2. The number of aromatic amines is 1. The molecule has 0 aliphatic rings. The molecule has 0 saturated heterocycles. The fraction of sp³-hybridized carbons (Fsp3) is 0.588. The summed E-state index contributed by atoms with van der Waals surface area (Å²) in [5, 5.41) is 0. The summed E-state index contributed by atoms with van der Waals surface area (Å²) in [5.41, 5.74) is 3.67. The van der Waals surface area contributed by atoms with Crippen molar-refractivity contribution in [3.63, 3.8) is 0 Å². The predicted octanol–water partition coefficient (Wildman–Crippen LogP) is 5.61. The molecule has 0 atom stereocenters. The topological polar surface area (TPSA) is 20.7 Å². The van der Waals surface area contributed by atoms with Crippen LogP contribution in [-0.2, 0) is 6.54 Å². The summed E-state index contributed by atoms with van der Waals surface area (Å²) < 4.78 is 3.10. The van der Waals surface area contributed by atoms with E-state index in [1.165, 1.54) is 43.2 Å². The Balaban J connectivity index is 1.90. The van der Waals surface area contributed by atoms with Gasteiger partial charge in [-0.15, -0.1) is 0 Å². The average Bonchev–Trinajstić information content (AvgIpc) is 2.68. The maximum atomic E-state index is 5.44. The largest absolute Gasteiger partial charge is 0.331 e. The van der Waals surface area contributed by atoms with Gasteiger partial charge in [-0.05, 0) is 49.2 Å². The number of unbranched alkanes of at least 4 members (excludes halogenated alkanes) is 3. The van der Waals surface area contributed by atoms with Gasteiger partial charge in [0.05, 0.1) is 11.0 Å². The van der Waals surface area contributed by atoms with E-state index >= 15 is 0 Å². The quantitative estimate of drug-likeness (QED) is 0.519. The van der Waals surface area contributed by atoms with Gasteiger partial charge >= 0.3 is 0 Å². The van der Waals surface area contributed by atoms with Gasteiger partial charge in [0, 0.05) is 6.54 Å². The number of benzene rings is 1. The Kier molecular flexibility index (Phi) is 5.41. The molecule has 2 rings (SSSR count). The first-order valence-corrected chi connectivity index (χ1v) is 8.18. The van der Waals surface area contributed by atoms with E-state index in [1.54, 1.807) is 0 Å². The van der Waals surface area contributed by atoms with Crippen LogP contribution in [0.25, 0.3) is 11.0 Å². The van der Waals surface area contributed by atoms with Crippen LogP contribution in [0.4, 0.5) is 0 Å². The summed E-state index contributed by atoms with van der Waals surface area (Å²) in [6, 6.07) is 6.50. The van der Waals surface area contributed by atoms with Gasteiger partial charge in [0.25, 0.3) is 0 Å². The Morgan fingerprint density at radius 3 is 2.65 bits per heavy atom. The molecular formula is C17H26N2S. The number of fused-ring (bicyclic) bond motifs is 1. The Bertz CT molecular complexity index is 607. The Morgan fingerprint density at radius 1 is 1.15 bits per heavy atom. The minimum absolute atomic E-state index is 0.834. The van der Waals surface area contributed by atoms with Crippen LogP contribution in [0, 0.1) is 17.6 Å². The predicted molar refractivity (Wildman–Crippen MR) is 89.8 cm³/mol. The van der Waals surface area contributed by atoms with E-state index < -0.39 is 0 Å². The van der Waals surface area contributed by atoms with Crippen molar-refractivity contribution in [3.05, 3.63) is 28.5 Å². The molecule has 0 unspecified atom stereocenters. The fourth-order valence-corrected chi connectivity index (χ4v) is 2.98. The highest BCUT2D eigenvalue weighted by molar-refractivity contribution is 7.71. The SMILES string of the molecule is Cc1ccc2c(c1)[nH]c(=S)n2CCCCCCC(C)C. The lowest BCUT2D eigenvalue weighted by Gasteiger charge is -2.06. The summed E-state index contributed by atoms with van der Waals surface area (Å²) in [5.74, 6) is 0.834. The first-order chi connectivity index (χ1) is 9.58.